The van der Waals surface area contributed by atoms with Crippen molar-refractivity contribution in [2.24, 2.45) is 0 Å². The van der Waals surface area contributed by atoms with Gasteiger partial charge >= 0.3 is 5.97 Å². The highest BCUT2D eigenvalue weighted by atomic mass is 19.1. The third-order valence-corrected chi connectivity index (χ3v) is 2.59. The summed E-state index contributed by atoms with van der Waals surface area (Å²) >= 11 is 0. The summed E-state index contributed by atoms with van der Waals surface area (Å²) in [5, 5.41) is 3.22. The topological polar surface area (TPSA) is 47.6 Å². The van der Waals surface area contributed by atoms with Gasteiger partial charge in [0.2, 0.25) is 0 Å². The zero-order valence-corrected chi connectivity index (χ0v) is 11.3. The Morgan fingerprint density at radius 1 is 1.37 bits per heavy atom. The summed E-state index contributed by atoms with van der Waals surface area (Å²) in [6.45, 7) is 5.10. The molecule has 0 radical (unpaired) electrons. The average Bonchev–Trinajstić information content (AvgIpc) is 2.39. The van der Waals surface area contributed by atoms with Crippen molar-refractivity contribution in [3.05, 3.63) is 35.6 Å². The van der Waals surface area contributed by atoms with Gasteiger partial charge in [-0.1, -0.05) is 12.1 Å². The lowest BCUT2D eigenvalue weighted by atomic mass is 10.1. The normalized spacial score (nSPS) is 12.2. The monoisotopic (exact) mass is 269 g/mol. The fraction of sp³-hybridized carbons (Fsp3) is 0.500. The third-order valence-electron chi connectivity index (χ3n) is 2.59. The number of benzene rings is 1. The van der Waals surface area contributed by atoms with E-state index in [0.717, 1.165) is 5.56 Å². The Labute approximate surface area is 112 Å². The molecule has 0 spiro atoms. The molecular formula is C14H20FNO3. The fourth-order valence-corrected chi connectivity index (χ4v) is 1.58. The van der Waals surface area contributed by atoms with E-state index in [-0.39, 0.29) is 24.4 Å². The van der Waals surface area contributed by atoms with Crippen molar-refractivity contribution in [1.82, 2.24) is 5.32 Å². The van der Waals surface area contributed by atoms with Crippen LogP contribution in [0.3, 0.4) is 0 Å². The number of ether oxygens (including phenoxy) is 2. The minimum Gasteiger partial charge on any atom is -0.464 e. The van der Waals surface area contributed by atoms with Crippen LogP contribution in [0, 0.1) is 5.82 Å². The molecule has 106 valence electrons. The summed E-state index contributed by atoms with van der Waals surface area (Å²) in [6, 6.07) is 6.46. The van der Waals surface area contributed by atoms with Crippen molar-refractivity contribution in [1.29, 1.82) is 0 Å². The first-order valence-electron chi connectivity index (χ1n) is 6.35. The molecule has 0 amide bonds. The molecule has 0 bridgehead atoms. The molecule has 1 aromatic carbocycles. The highest BCUT2D eigenvalue weighted by Crippen LogP contribution is 2.12. The second-order valence-electron chi connectivity index (χ2n) is 4.08. The third kappa shape index (κ3) is 6.31. The number of rotatable bonds is 8. The molecule has 0 aromatic heterocycles. The van der Waals surface area contributed by atoms with Crippen molar-refractivity contribution in [2.45, 2.75) is 19.9 Å². The van der Waals surface area contributed by atoms with E-state index in [4.69, 9.17) is 9.47 Å². The fourth-order valence-electron chi connectivity index (χ4n) is 1.58. The second kappa shape index (κ2) is 8.61. The highest BCUT2D eigenvalue weighted by Gasteiger charge is 2.05. The van der Waals surface area contributed by atoms with Gasteiger partial charge in [-0.15, -0.1) is 0 Å². The summed E-state index contributed by atoms with van der Waals surface area (Å²) in [7, 11) is 0. The van der Waals surface area contributed by atoms with Gasteiger partial charge in [-0.2, -0.15) is 0 Å². The molecule has 0 saturated carbocycles. The first-order valence-corrected chi connectivity index (χ1v) is 6.35. The number of carbonyl (C=O) groups excluding carboxylic acids is 1. The van der Waals surface area contributed by atoms with Crippen LogP contribution in [0.5, 0.6) is 0 Å². The molecule has 5 heteroatoms. The summed E-state index contributed by atoms with van der Waals surface area (Å²) < 4.78 is 22.6. The predicted octanol–water partition coefficient (Wildman–Crippen LogP) is 2.06. The quantitative estimate of drug-likeness (QED) is 0.579. The van der Waals surface area contributed by atoms with Gasteiger partial charge in [0.25, 0.3) is 0 Å². The van der Waals surface area contributed by atoms with Crippen LogP contribution in [-0.4, -0.2) is 32.3 Å². The first-order chi connectivity index (χ1) is 9.13. The lowest BCUT2D eigenvalue weighted by Gasteiger charge is -2.14. The van der Waals surface area contributed by atoms with Gasteiger partial charge in [0, 0.05) is 12.6 Å². The largest absolute Gasteiger partial charge is 0.464 e. The number of hydrogen-bond donors (Lipinski definition) is 1. The number of esters is 1. The van der Waals surface area contributed by atoms with Gasteiger partial charge in [0.05, 0.1) is 13.2 Å². The van der Waals surface area contributed by atoms with E-state index in [9.17, 15) is 9.18 Å². The van der Waals surface area contributed by atoms with E-state index in [1.54, 1.807) is 19.1 Å². The van der Waals surface area contributed by atoms with Gasteiger partial charge in [-0.05, 0) is 31.5 Å². The van der Waals surface area contributed by atoms with Gasteiger partial charge in [-0.3, -0.25) is 0 Å². The first kappa shape index (κ1) is 15.6. The molecule has 0 aliphatic heterocycles. The Morgan fingerprint density at radius 3 is 2.68 bits per heavy atom. The maximum atomic E-state index is 12.8. The molecule has 4 nitrogen and oxygen atoms in total. The van der Waals surface area contributed by atoms with E-state index < -0.39 is 0 Å². The number of halogens is 1. The smallest absolute Gasteiger partial charge is 0.332 e. The van der Waals surface area contributed by atoms with E-state index in [1.807, 2.05) is 6.92 Å². The Kier molecular flexibility index (Phi) is 7.07. The van der Waals surface area contributed by atoms with Crippen molar-refractivity contribution >= 4 is 5.97 Å². The predicted molar refractivity (Wildman–Crippen MR) is 70.3 cm³/mol. The lowest BCUT2D eigenvalue weighted by molar-refractivity contribution is -0.148. The molecule has 0 heterocycles. The molecule has 0 saturated heterocycles. The Hall–Kier alpha value is -1.46. The molecule has 0 fully saturated rings. The van der Waals surface area contributed by atoms with Crippen LogP contribution in [-0.2, 0) is 14.3 Å². The molecule has 1 atom stereocenters. The molecule has 19 heavy (non-hydrogen) atoms. The standard InChI is InChI=1S/C14H20FNO3/c1-3-19-14(17)10-18-9-8-16-11(2)12-4-6-13(15)7-5-12/h4-7,11,16H,3,8-10H2,1-2H3/t11-/m1/s1. The molecule has 0 unspecified atom stereocenters. The lowest BCUT2D eigenvalue weighted by Crippen LogP contribution is -2.24. The van der Waals surface area contributed by atoms with E-state index in [1.165, 1.54) is 12.1 Å². The van der Waals surface area contributed by atoms with Crippen molar-refractivity contribution in [3.8, 4) is 0 Å². The Balaban J connectivity index is 2.15. The summed E-state index contributed by atoms with van der Waals surface area (Å²) in [5.74, 6) is -0.595. The number of carbonyl (C=O) groups is 1. The minimum atomic E-state index is -0.353. The zero-order chi connectivity index (χ0) is 14.1. The molecule has 1 N–H and O–H groups in total. The van der Waals surface area contributed by atoms with Gasteiger partial charge in [0.15, 0.2) is 0 Å². The summed E-state index contributed by atoms with van der Waals surface area (Å²) in [4.78, 5) is 11.0. The van der Waals surface area contributed by atoms with Crippen LogP contribution in [0.1, 0.15) is 25.5 Å². The zero-order valence-electron chi connectivity index (χ0n) is 11.3. The van der Waals surface area contributed by atoms with E-state index in [2.05, 4.69) is 5.32 Å². The molecule has 0 aliphatic carbocycles. The minimum absolute atomic E-state index is 0.0273. The van der Waals surface area contributed by atoms with Gasteiger partial charge in [0.1, 0.15) is 12.4 Å². The number of nitrogens with one attached hydrogen (secondary N) is 1. The van der Waals surface area contributed by atoms with Crippen LogP contribution in [0.2, 0.25) is 0 Å². The van der Waals surface area contributed by atoms with Crippen LogP contribution < -0.4 is 5.32 Å². The SMILES string of the molecule is CCOC(=O)COCCN[C@H](C)c1ccc(F)cc1. The van der Waals surface area contributed by atoms with Gasteiger partial charge in [-0.25, -0.2) is 9.18 Å². The maximum Gasteiger partial charge on any atom is 0.332 e. The summed E-state index contributed by atoms with van der Waals surface area (Å²) in [6.07, 6.45) is 0. The van der Waals surface area contributed by atoms with Crippen molar-refractivity contribution < 1.29 is 18.7 Å². The summed E-state index contributed by atoms with van der Waals surface area (Å²) in [5.41, 5.74) is 1.01. The Bertz CT molecular complexity index is 381. The van der Waals surface area contributed by atoms with Crippen LogP contribution in [0.4, 0.5) is 4.39 Å². The van der Waals surface area contributed by atoms with E-state index in [0.29, 0.717) is 19.8 Å². The molecule has 1 aromatic rings. The second-order valence-corrected chi connectivity index (χ2v) is 4.08. The highest BCUT2D eigenvalue weighted by molar-refractivity contribution is 5.70. The maximum absolute atomic E-state index is 12.8. The number of hydrogen-bond acceptors (Lipinski definition) is 4. The van der Waals surface area contributed by atoms with Crippen LogP contribution in [0.15, 0.2) is 24.3 Å². The van der Waals surface area contributed by atoms with Gasteiger partial charge < -0.3 is 14.8 Å². The Morgan fingerprint density at radius 2 is 2.05 bits per heavy atom. The molecule has 0 aliphatic rings. The van der Waals surface area contributed by atoms with Crippen LogP contribution >= 0.6 is 0 Å². The van der Waals surface area contributed by atoms with E-state index >= 15 is 0 Å². The van der Waals surface area contributed by atoms with Crippen molar-refractivity contribution in [3.63, 3.8) is 0 Å². The van der Waals surface area contributed by atoms with Crippen LogP contribution in [0.25, 0.3) is 0 Å². The average molecular weight is 269 g/mol. The molecule has 1 rings (SSSR count). The van der Waals surface area contributed by atoms with Crippen molar-refractivity contribution in [2.75, 3.05) is 26.4 Å². The molecular weight excluding hydrogens is 249 g/mol.